The number of aryl methyl sites for hydroxylation is 2. The molecule has 0 amide bonds. The molecule has 2 aromatic rings. The summed E-state index contributed by atoms with van der Waals surface area (Å²) in [5.74, 6) is 0. The highest BCUT2D eigenvalue weighted by Crippen LogP contribution is 2.28. The molecule has 0 bridgehead atoms. The van der Waals surface area contributed by atoms with Crippen LogP contribution in [0.3, 0.4) is 0 Å². The molecule has 22 heavy (non-hydrogen) atoms. The van der Waals surface area contributed by atoms with E-state index in [2.05, 4.69) is 66.5 Å². The minimum absolute atomic E-state index is 0.250. The third-order valence-corrected chi connectivity index (χ3v) is 4.29. The topological polar surface area (TPSA) is 28.2 Å². The molecule has 2 heterocycles. The van der Waals surface area contributed by atoms with Gasteiger partial charge in [-0.3, -0.25) is 9.88 Å². The molecule has 116 valence electrons. The summed E-state index contributed by atoms with van der Waals surface area (Å²) in [6.45, 7) is 8.57. The predicted molar refractivity (Wildman–Crippen MR) is 91.1 cm³/mol. The Balaban J connectivity index is 2.01. The zero-order valence-electron chi connectivity index (χ0n) is 13.5. The number of pyridine rings is 1. The lowest BCUT2D eigenvalue weighted by atomic mass is 9.99. The van der Waals surface area contributed by atoms with Crippen LogP contribution in [-0.4, -0.2) is 36.1 Å². The van der Waals surface area contributed by atoms with Gasteiger partial charge in [0.15, 0.2) is 0 Å². The third kappa shape index (κ3) is 3.54. The summed E-state index contributed by atoms with van der Waals surface area (Å²) in [6.07, 6.45) is 1.19. The number of hydrogen-bond donors (Lipinski definition) is 1. The van der Waals surface area contributed by atoms with E-state index in [0.717, 1.165) is 37.6 Å². The molecule has 3 nitrogen and oxygen atoms in total. The van der Waals surface area contributed by atoms with Gasteiger partial charge >= 0.3 is 0 Å². The van der Waals surface area contributed by atoms with Gasteiger partial charge in [0.2, 0.25) is 0 Å². The first-order valence-corrected chi connectivity index (χ1v) is 8.19. The molecule has 1 saturated heterocycles. The van der Waals surface area contributed by atoms with Crippen molar-refractivity contribution in [2.75, 3.05) is 26.2 Å². The molecule has 1 N–H and O–H groups in total. The Morgan fingerprint density at radius 1 is 1.05 bits per heavy atom. The van der Waals surface area contributed by atoms with E-state index in [-0.39, 0.29) is 6.04 Å². The monoisotopic (exact) mass is 295 g/mol. The summed E-state index contributed by atoms with van der Waals surface area (Å²) in [5.41, 5.74) is 4.90. The fourth-order valence-corrected chi connectivity index (χ4v) is 3.25. The van der Waals surface area contributed by atoms with Crippen molar-refractivity contribution in [2.45, 2.75) is 26.3 Å². The van der Waals surface area contributed by atoms with Crippen LogP contribution in [0.2, 0.25) is 0 Å². The Kier molecular flexibility index (Phi) is 4.86. The quantitative estimate of drug-likeness (QED) is 0.943. The van der Waals surface area contributed by atoms with E-state index < -0.39 is 0 Å². The highest BCUT2D eigenvalue weighted by Gasteiger charge is 2.24. The first-order valence-electron chi connectivity index (χ1n) is 8.19. The molecule has 3 heteroatoms. The van der Waals surface area contributed by atoms with Crippen molar-refractivity contribution < 1.29 is 0 Å². The molecule has 0 spiro atoms. The number of nitrogens with zero attached hydrogens (tertiary/aromatic N) is 2. The van der Waals surface area contributed by atoms with Crippen LogP contribution in [0.5, 0.6) is 0 Å². The highest BCUT2D eigenvalue weighted by molar-refractivity contribution is 5.31. The summed E-state index contributed by atoms with van der Waals surface area (Å²) in [5, 5.41) is 3.50. The molecule has 1 aliphatic rings. The van der Waals surface area contributed by atoms with Crippen molar-refractivity contribution in [3.63, 3.8) is 0 Å². The van der Waals surface area contributed by atoms with Gasteiger partial charge in [0.05, 0.1) is 11.7 Å². The van der Waals surface area contributed by atoms with Crippen LogP contribution >= 0.6 is 0 Å². The summed E-state index contributed by atoms with van der Waals surface area (Å²) >= 11 is 0. The molecule has 1 atom stereocenters. The average molecular weight is 295 g/mol. The second kappa shape index (κ2) is 7.03. The smallest absolute Gasteiger partial charge is 0.0777 e. The fourth-order valence-electron chi connectivity index (χ4n) is 3.25. The summed E-state index contributed by atoms with van der Waals surface area (Å²) in [4.78, 5) is 7.39. The summed E-state index contributed by atoms with van der Waals surface area (Å²) < 4.78 is 0. The van der Waals surface area contributed by atoms with Crippen LogP contribution in [-0.2, 0) is 0 Å². The number of rotatable bonds is 3. The number of nitrogens with one attached hydrogen (secondary N) is 1. The molecular formula is C19H25N3. The Morgan fingerprint density at radius 3 is 2.73 bits per heavy atom. The zero-order chi connectivity index (χ0) is 15.4. The average Bonchev–Trinajstić information content (AvgIpc) is 2.77. The van der Waals surface area contributed by atoms with Gasteiger partial charge in [0.1, 0.15) is 0 Å². The van der Waals surface area contributed by atoms with E-state index in [1.807, 2.05) is 0 Å². The second-order valence-corrected chi connectivity index (χ2v) is 6.16. The molecule has 0 radical (unpaired) electrons. The zero-order valence-corrected chi connectivity index (χ0v) is 13.5. The Morgan fingerprint density at radius 2 is 1.91 bits per heavy atom. The van der Waals surface area contributed by atoms with Crippen molar-refractivity contribution >= 4 is 0 Å². The molecule has 3 rings (SSSR count). The standard InChI is InChI=1S/C19H25N3/c1-15-6-3-8-17(14-15)19(18-9-4-7-16(2)21-18)22-12-5-10-20-11-13-22/h3-4,6-9,14,19-20H,5,10-13H2,1-2H3. The van der Waals surface area contributed by atoms with Crippen molar-refractivity contribution in [2.24, 2.45) is 0 Å². The minimum Gasteiger partial charge on any atom is -0.315 e. The van der Waals surface area contributed by atoms with E-state index in [4.69, 9.17) is 4.98 Å². The summed E-state index contributed by atoms with van der Waals surface area (Å²) in [6, 6.07) is 15.5. The van der Waals surface area contributed by atoms with Crippen molar-refractivity contribution in [3.05, 3.63) is 65.0 Å². The molecule has 1 aliphatic heterocycles. The van der Waals surface area contributed by atoms with E-state index in [1.165, 1.54) is 17.5 Å². The molecule has 0 saturated carbocycles. The van der Waals surface area contributed by atoms with Crippen LogP contribution in [0, 0.1) is 13.8 Å². The maximum Gasteiger partial charge on any atom is 0.0777 e. The van der Waals surface area contributed by atoms with Gasteiger partial charge in [-0.25, -0.2) is 0 Å². The van der Waals surface area contributed by atoms with Gasteiger partial charge in [-0.2, -0.15) is 0 Å². The normalized spacial score (nSPS) is 17.9. The molecular weight excluding hydrogens is 270 g/mol. The van der Waals surface area contributed by atoms with Crippen molar-refractivity contribution in [1.29, 1.82) is 0 Å². The third-order valence-electron chi connectivity index (χ3n) is 4.29. The molecule has 0 aliphatic carbocycles. The van der Waals surface area contributed by atoms with E-state index in [1.54, 1.807) is 0 Å². The van der Waals surface area contributed by atoms with Crippen LogP contribution in [0.1, 0.15) is 35.0 Å². The van der Waals surface area contributed by atoms with Crippen molar-refractivity contribution in [1.82, 2.24) is 15.2 Å². The Hall–Kier alpha value is -1.71. The maximum atomic E-state index is 4.82. The molecule has 1 aromatic heterocycles. The largest absolute Gasteiger partial charge is 0.315 e. The van der Waals surface area contributed by atoms with Crippen LogP contribution in [0.25, 0.3) is 0 Å². The lowest BCUT2D eigenvalue weighted by molar-refractivity contribution is 0.237. The fraction of sp³-hybridized carbons (Fsp3) is 0.421. The summed E-state index contributed by atoms with van der Waals surface area (Å²) in [7, 11) is 0. The van der Waals surface area contributed by atoms with E-state index >= 15 is 0 Å². The van der Waals surface area contributed by atoms with Gasteiger partial charge in [-0.1, -0.05) is 35.9 Å². The number of benzene rings is 1. The van der Waals surface area contributed by atoms with E-state index in [0.29, 0.717) is 0 Å². The Labute approximate surface area is 133 Å². The van der Waals surface area contributed by atoms with E-state index in [9.17, 15) is 0 Å². The van der Waals surface area contributed by atoms with Gasteiger partial charge < -0.3 is 5.32 Å². The number of hydrogen-bond acceptors (Lipinski definition) is 3. The van der Waals surface area contributed by atoms with Crippen LogP contribution < -0.4 is 5.32 Å². The molecule has 1 unspecified atom stereocenters. The van der Waals surface area contributed by atoms with Gasteiger partial charge in [-0.15, -0.1) is 0 Å². The molecule has 1 fully saturated rings. The SMILES string of the molecule is Cc1cccc(C(c2cccc(C)n2)N2CCCNCC2)c1. The number of aromatic nitrogens is 1. The van der Waals surface area contributed by atoms with Gasteiger partial charge in [0, 0.05) is 25.3 Å². The second-order valence-electron chi connectivity index (χ2n) is 6.16. The molecule has 1 aromatic carbocycles. The lowest BCUT2D eigenvalue weighted by Gasteiger charge is -2.31. The van der Waals surface area contributed by atoms with Gasteiger partial charge in [0.25, 0.3) is 0 Å². The predicted octanol–water partition coefficient (Wildman–Crippen LogP) is 3.08. The van der Waals surface area contributed by atoms with Crippen molar-refractivity contribution in [3.8, 4) is 0 Å². The van der Waals surface area contributed by atoms with Gasteiger partial charge in [-0.05, 0) is 44.5 Å². The maximum absolute atomic E-state index is 4.82. The Bertz CT molecular complexity index is 570. The minimum atomic E-state index is 0.250. The first-order chi connectivity index (χ1) is 10.7. The lowest BCUT2D eigenvalue weighted by Crippen LogP contribution is -2.33. The first kappa shape index (κ1) is 15.2. The van der Waals surface area contributed by atoms with Crippen LogP contribution in [0.15, 0.2) is 42.5 Å². The van der Waals surface area contributed by atoms with Crippen LogP contribution in [0.4, 0.5) is 0 Å². The highest BCUT2D eigenvalue weighted by atomic mass is 15.2.